The summed E-state index contributed by atoms with van der Waals surface area (Å²) in [6.07, 6.45) is 0. The normalized spacial score (nSPS) is 11.9. The molecule has 0 aliphatic carbocycles. The van der Waals surface area contributed by atoms with Crippen molar-refractivity contribution in [3.63, 3.8) is 0 Å². The second kappa shape index (κ2) is 11.7. The average Bonchev–Trinajstić information content (AvgIpc) is 3.86. The van der Waals surface area contributed by atoms with E-state index in [0.29, 0.717) is 0 Å². The molecule has 0 aliphatic heterocycles. The van der Waals surface area contributed by atoms with Crippen LogP contribution in [0.3, 0.4) is 0 Å². The molecule has 0 N–H and O–H groups in total. The van der Waals surface area contributed by atoms with Gasteiger partial charge in [-0.2, -0.15) is 0 Å². The number of nitrogens with zero attached hydrogens (tertiary/aromatic N) is 3. The van der Waals surface area contributed by atoms with Crippen LogP contribution in [-0.2, 0) is 0 Å². The minimum Gasteiger partial charge on any atom is -0.310 e. The fraction of sp³-hybridized carbons (Fsp3) is 0. The standard InChI is InChI=1S/C48H30FN3S/c49-31-18-20-33(21-19-31)52-43-15-7-4-12-37(43)39-25-22-36(30-46(39)52)50(35-24-27-48-42(29-35)40-14-6-9-17-47(40)53-48)34-23-26-45-41(28-34)38-13-5-8-16-44(38)51(45)32-10-2-1-3-11-32/h1-30H. The predicted molar refractivity (Wildman–Crippen MR) is 223 cm³/mol. The first-order valence-corrected chi connectivity index (χ1v) is 18.6. The summed E-state index contributed by atoms with van der Waals surface area (Å²) in [5.74, 6) is -0.248. The number of thiophene rings is 1. The van der Waals surface area contributed by atoms with Crippen molar-refractivity contribution in [2.75, 3.05) is 4.90 Å². The maximum atomic E-state index is 14.2. The number of rotatable bonds is 5. The second-order valence-corrected chi connectivity index (χ2v) is 14.6. The van der Waals surface area contributed by atoms with E-state index in [4.69, 9.17) is 0 Å². The van der Waals surface area contributed by atoms with Crippen LogP contribution in [0.2, 0.25) is 0 Å². The van der Waals surface area contributed by atoms with E-state index in [-0.39, 0.29) is 5.82 Å². The molecule has 0 amide bonds. The molecular formula is C48H30FN3S. The van der Waals surface area contributed by atoms with E-state index in [9.17, 15) is 4.39 Å². The molecule has 0 fully saturated rings. The zero-order valence-electron chi connectivity index (χ0n) is 28.4. The first-order valence-electron chi connectivity index (χ1n) is 17.8. The van der Waals surface area contributed by atoms with Gasteiger partial charge in [0.05, 0.1) is 22.1 Å². The zero-order valence-corrected chi connectivity index (χ0v) is 29.3. The van der Waals surface area contributed by atoms with E-state index in [1.54, 1.807) is 0 Å². The van der Waals surface area contributed by atoms with Crippen molar-refractivity contribution in [1.82, 2.24) is 9.13 Å². The third kappa shape index (κ3) is 4.64. The highest BCUT2D eigenvalue weighted by Crippen LogP contribution is 2.44. The molecule has 3 aromatic heterocycles. The van der Waals surface area contributed by atoms with Gasteiger partial charge in [0.15, 0.2) is 0 Å². The van der Waals surface area contributed by atoms with Crippen molar-refractivity contribution in [3.05, 3.63) is 188 Å². The number of hydrogen-bond donors (Lipinski definition) is 0. The van der Waals surface area contributed by atoms with Crippen LogP contribution in [0, 0.1) is 5.82 Å². The Morgan fingerprint density at radius 3 is 1.64 bits per heavy atom. The van der Waals surface area contributed by atoms with Gasteiger partial charge in [-0.1, -0.05) is 78.9 Å². The Hall–Kier alpha value is -6.69. The lowest BCUT2D eigenvalue weighted by molar-refractivity contribution is 0.627. The van der Waals surface area contributed by atoms with Crippen LogP contribution >= 0.6 is 11.3 Å². The highest BCUT2D eigenvalue weighted by atomic mass is 32.1. The predicted octanol–water partition coefficient (Wildman–Crippen LogP) is 13.9. The summed E-state index contributed by atoms with van der Waals surface area (Å²) < 4.78 is 21.3. The molecule has 3 nitrogen and oxygen atoms in total. The first kappa shape index (κ1) is 30.0. The van der Waals surface area contributed by atoms with Crippen molar-refractivity contribution in [1.29, 1.82) is 0 Å². The zero-order chi connectivity index (χ0) is 35.0. The van der Waals surface area contributed by atoms with Crippen molar-refractivity contribution >= 4 is 92.2 Å². The van der Waals surface area contributed by atoms with E-state index in [1.807, 2.05) is 23.5 Å². The quantitative estimate of drug-likeness (QED) is 0.174. The summed E-state index contributed by atoms with van der Waals surface area (Å²) in [5, 5.41) is 7.22. The van der Waals surface area contributed by atoms with Crippen LogP contribution in [-0.4, -0.2) is 9.13 Å². The number of fused-ring (bicyclic) bond motifs is 9. The molecule has 0 saturated heterocycles. The highest BCUT2D eigenvalue weighted by molar-refractivity contribution is 7.25. The van der Waals surface area contributed by atoms with Crippen LogP contribution in [0.4, 0.5) is 21.5 Å². The molecule has 0 unspecified atom stereocenters. The summed E-state index contributed by atoms with van der Waals surface area (Å²) in [6.45, 7) is 0. The van der Waals surface area contributed by atoms with Crippen LogP contribution < -0.4 is 4.90 Å². The lowest BCUT2D eigenvalue weighted by Gasteiger charge is -2.26. The Morgan fingerprint density at radius 2 is 0.868 bits per heavy atom. The lowest BCUT2D eigenvalue weighted by Crippen LogP contribution is -2.10. The average molecular weight is 700 g/mol. The lowest BCUT2D eigenvalue weighted by atomic mass is 10.1. The van der Waals surface area contributed by atoms with Crippen LogP contribution in [0.15, 0.2) is 182 Å². The summed E-state index contributed by atoms with van der Waals surface area (Å²) in [7, 11) is 0. The minimum atomic E-state index is -0.248. The number of hydrogen-bond acceptors (Lipinski definition) is 2. The Labute approximate surface area is 308 Å². The molecule has 0 radical (unpaired) electrons. The number of aromatic nitrogens is 2. The molecule has 8 aromatic carbocycles. The van der Waals surface area contributed by atoms with E-state index in [2.05, 4.69) is 172 Å². The van der Waals surface area contributed by atoms with Gasteiger partial charge in [-0.05, 0) is 103 Å². The number of para-hydroxylation sites is 3. The van der Waals surface area contributed by atoms with Crippen molar-refractivity contribution in [2.45, 2.75) is 0 Å². The van der Waals surface area contributed by atoms with E-state index in [0.717, 1.165) is 55.8 Å². The Bertz CT molecular complexity index is 3190. The van der Waals surface area contributed by atoms with Crippen molar-refractivity contribution in [3.8, 4) is 11.4 Å². The van der Waals surface area contributed by atoms with E-state index in [1.165, 1.54) is 48.6 Å². The number of anilines is 3. The van der Waals surface area contributed by atoms with E-state index < -0.39 is 0 Å². The van der Waals surface area contributed by atoms with Crippen molar-refractivity contribution in [2.24, 2.45) is 0 Å². The SMILES string of the molecule is Fc1ccc(-n2c3ccccc3c3ccc(N(c4ccc5sc6ccccc6c5c4)c4ccc5c(c4)c4ccccc4n5-c4ccccc4)cc32)cc1. The molecule has 0 saturated carbocycles. The summed E-state index contributed by atoms with van der Waals surface area (Å²) in [6, 6.07) is 63.6. The molecule has 11 rings (SSSR count). The Morgan fingerprint density at radius 1 is 0.358 bits per heavy atom. The second-order valence-electron chi connectivity index (χ2n) is 13.5. The molecule has 0 aliphatic rings. The first-order chi connectivity index (χ1) is 26.2. The third-order valence-corrected chi connectivity index (χ3v) is 11.7. The van der Waals surface area contributed by atoms with Gasteiger partial charge in [0, 0.05) is 70.2 Å². The summed E-state index contributed by atoms with van der Waals surface area (Å²) in [5.41, 5.74) is 9.71. The van der Waals surface area contributed by atoms with Gasteiger partial charge >= 0.3 is 0 Å². The smallest absolute Gasteiger partial charge is 0.123 e. The van der Waals surface area contributed by atoms with Gasteiger partial charge < -0.3 is 14.0 Å². The molecule has 0 spiro atoms. The monoisotopic (exact) mass is 699 g/mol. The van der Waals surface area contributed by atoms with Gasteiger partial charge in [-0.15, -0.1) is 11.3 Å². The maximum absolute atomic E-state index is 14.2. The van der Waals surface area contributed by atoms with E-state index >= 15 is 0 Å². The molecule has 0 atom stereocenters. The Kier molecular flexibility index (Phi) is 6.60. The molecule has 53 heavy (non-hydrogen) atoms. The third-order valence-electron chi connectivity index (χ3n) is 10.5. The van der Waals surface area contributed by atoms with Crippen LogP contribution in [0.5, 0.6) is 0 Å². The maximum Gasteiger partial charge on any atom is 0.123 e. The largest absolute Gasteiger partial charge is 0.310 e. The molecular weight excluding hydrogens is 670 g/mol. The molecule has 3 heterocycles. The molecule has 5 heteroatoms. The summed E-state index contributed by atoms with van der Waals surface area (Å²) >= 11 is 1.83. The molecule has 11 aromatic rings. The number of benzene rings is 8. The summed E-state index contributed by atoms with van der Waals surface area (Å²) in [4.78, 5) is 2.38. The van der Waals surface area contributed by atoms with Crippen molar-refractivity contribution < 1.29 is 4.39 Å². The molecule has 0 bridgehead atoms. The minimum absolute atomic E-state index is 0.248. The topological polar surface area (TPSA) is 13.1 Å². The van der Waals surface area contributed by atoms with Gasteiger partial charge in [0.1, 0.15) is 5.82 Å². The highest BCUT2D eigenvalue weighted by Gasteiger charge is 2.21. The van der Waals surface area contributed by atoms with Crippen LogP contribution in [0.1, 0.15) is 0 Å². The fourth-order valence-electron chi connectivity index (χ4n) is 8.22. The fourth-order valence-corrected chi connectivity index (χ4v) is 9.31. The number of halogens is 1. The van der Waals surface area contributed by atoms with Gasteiger partial charge in [0.25, 0.3) is 0 Å². The van der Waals surface area contributed by atoms with Gasteiger partial charge in [0.2, 0.25) is 0 Å². The van der Waals surface area contributed by atoms with Gasteiger partial charge in [-0.25, -0.2) is 4.39 Å². The Balaban J connectivity index is 1.19. The molecule has 250 valence electrons. The van der Waals surface area contributed by atoms with Crippen LogP contribution in [0.25, 0.3) is 75.2 Å². The van der Waals surface area contributed by atoms with Gasteiger partial charge in [-0.3, -0.25) is 0 Å².